The zero-order chi connectivity index (χ0) is 16.2. The number of carbonyl (C=O) groups is 1. The van der Waals surface area contributed by atoms with E-state index in [1.165, 1.54) is 12.1 Å². The largest absolute Gasteiger partial charge is 0.376 e. The summed E-state index contributed by atoms with van der Waals surface area (Å²) in [5, 5.41) is 0. The molecular formula is C18H26ClFN2O2. The lowest BCUT2D eigenvalue weighted by Crippen LogP contribution is -2.40. The fourth-order valence-electron chi connectivity index (χ4n) is 3.62. The molecule has 3 unspecified atom stereocenters. The lowest BCUT2D eigenvalue weighted by molar-refractivity contribution is -0.137. The van der Waals surface area contributed by atoms with Crippen LogP contribution in [0.25, 0.3) is 0 Å². The Morgan fingerprint density at radius 1 is 1.33 bits per heavy atom. The highest BCUT2D eigenvalue weighted by Crippen LogP contribution is 2.27. The lowest BCUT2D eigenvalue weighted by Gasteiger charge is -2.28. The molecule has 4 nitrogen and oxygen atoms in total. The van der Waals surface area contributed by atoms with Crippen LogP contribution in [0, 0.1) is 11.7 Å². The van der Waals surface area contributed by atoms with Gasteiger partial charge in [0, 0.05) is 31.7 Å². The van der Waals surface area contributed by atoms with Crippen molar-refractivity contribution in [1.29, 1.82) is 0 Å². The van der Waals surface area contributed by atoms with Crippen molar-refractivity contribution in [2.75, 3.05) is 13.2 Å². The van der Waals surface area contributed by atoms with Crippen LogP contribution in [0.5, 0.6) is 0 Å². The van der Waals surface area contributed by atoms with E-state index in [4.69, 9.17) is 10.5 Å². The van der Waals surface area contributed by atoms with E-state index in [9.17, 15) is 9.18 Å². The molecule has 0 aromatic heterocycles. The third-order valence-electron chi connectivity index (χ3n) is 4.84. The van der Waals surface area contributed by atoms with Gasteiger partial charge in [-0.15, -0.1) is 12.4 Å². The number of hydrogen-bond acceptors (Lipinski definition) is 3. The van der Waals surface area contributed by atoms with Gasteiger partial charge >= 0.3 is 0 Å². The molecule has 3 atom stereocenters. The van der Waals surface area contributed by atoms with Gasteiger partial charge in [-0.2, -0.15) is 0 Å². The summed E-state index contributed by atoms with van der Waals surface area (Å²) >= 11 is 0. The molecule has 1 saturated heterocycles. The summed E-state index contributed by atoms with van der Waals surface area (Å²) in [6, 6.07) is 6.59. The van der Waals surface area contributed by atoms with E-state index in [-0.39, 0.29) is 42.2 Å². The van der Waals surface area contributed by atoms with Gasteiger partial charge in [0.2, 0.25) is 5.91 Å². The molecule has 1 aromatic rings. The second-order valence-corrected chi connectivity index (χ2v) is 6.75. The maximum Gasteiger partial charge on any atom is 0.226 e. The molecule has 1 saturated carbocycles. The molecule has 2 aliphatic rings. The number of hydrogen-bond donors (Lipinski definition) is 1. The number of nitrogens with zero attached hydrogens (tertiary/aromatic N) is 1. The Hall–Kier alpha value is -1.17. The molecule has 1 heterocycles. The molecule has 3 rings (SSSR count). The highest BCUT2D eigenvalue weighted by molar-refractivity contribution is 5.85. The van der Waals surface area contributed by atoms with Gasteiger partial charge in [-0.05, 0) is 49.8 Å². The number of benzene rings is 1. The van der Waals surface area contributed by atoms with Gasteiger partial charge < -0.3 is 15.4 Å². The number of amides is 1. The highest BCUT2D eigenvalue weighted by Gasteiger charge is 2.32. The predicted molar refractivity (Wildman–Crippen MR) is 93.4 cm³/mol. The van der Waals surface area contributed by atoms with Crippen LogP contribution in [-0.2, 0) is 16.1 Å². The molecule has 0 radical (unpaired) electrons. The van der Waals surface area contributed by atoms with Gasteiger partial charge in [-0.1, -0.05) is 12.1 Å². The molecule has 0 bridgehead atoms. The Kier molecular flexibility index (Phi) is 7.02. The van der Waals surface area contributed by atoms with Crippen molar-refractivity contribution in [3.8, 4) is 0 Å². The number of halogens is 2. The molecule has 1 aromatic carbocycles. The topological polar surface area (TPSA) is 55.6 Å². The van der Waals surface area contributed by atoms with Crippen LogP contribution in [0.2, 0.25) is 0 Å². The van der Waals surface area contributed by atoms with Crippen molar-refractivity contribution in [2.24, 2.45) is 11.7 Å². The summed E-state index contributed by atoms with van der Waals surface area (Å²) in [5.41, 5.74) is 6.77. The zero-order valence-corrected chi connectivity index (χ0v) is 14.6. The van der Waals surface area contributed by atoms with Crippen molar-refractivity contribution in [1.82, 2.24) is 4.90 Å². The normalized spacial score (nSPS) is 26.2. The molecule has 24 heavy (non-hydrogen) atoms. The van der Waals surface area contributed by atoms with E-state index in [2.05, 4.69) is 0 Å². The van der Waals surface area contributed by atoms with Crippen LogP contribution in [0.15, 0.2) is 24.3 Å². The fourth-order valence-corrected chi connectivity index (χ4v) is 3.62. The first-order valence-corrected chi connectivity index (χ1v) is 8.52. The van der Waals surface area contributed by atoms with Crippen molar-refractivity contribution >= 4 is 18.3 Å². The number of ether oxygens (including phenoxy) is 1. The van der Waals surface area contributed by atoms with Crippen molar-refractivity contribution in [3.63, 3.8) is 0 Å². The van der Waals surface area contributed by atoms with Crippen LogP contribution >= 0.6 is 12.4 Å². The first kappa shape index (κ1) is 19.2. The van der Waals surface area contributed by atoms with E-state index < -0.39 is 0 Å². The second kappa shape index (κ2) is 8.79. The molecule has 1 amide bonds. The van der Waals surface area contributed by atoms with Crippen LogP contribution < -0.4 is 5.73 Å². The Balaban J connectivity index is 0.00000208. The minimum absolute atomic E-state index is 0. The average Bonchev–Trinajstić information content (AvgIpc) is 3.17. The van der Waals surface area contributed by atoms with E-state index in [1.807, 2.05) is 11.0 Å². The van der Waals surface area contributed by atoms with Crippen LogP contribution in [0.4, 0.5) is 4.39 Å². The summed E-state index contributed by atoms with van der Waals surface area (Å²) in [4.78, 5) is 14.7. The lowest BCUT2D eigenvalue weighted by atomic mass is 10.0. The Morgan fingerprint density at radius 2 is 2.17 bits per heavy atom. The number of rotatable bonds is 5. The monoisotopic (exact) mass is 356 g/mol. The van der Waals surface area contributed by atoms with Gasteiger partial charge in [-0.3, -0.25) is 4.79 Å². The highest BCUT2D eigenvalue weighted by atomic mass is 35.5. The van der Waals surface area contributed by atoms with Crippen LogP contribution in [0.3, 0.4) is 0 Å². The maximum absolute atomic E-state index is 13.4. The van der Waals surface area contributed by atoms with Gasteiger partial charge in [0.25, 0.3) is 0 Å². The molecule has 1 aliphatic heterocycles. The van der Waals surface area contributed by atoms with Crippen molar-refractivity contribution < 1.29 is 13.9 Å². The standard InChI is InChI=1S/C18H25FN2O2.ClH/c19-15-4-1-3-13(9-15)11-21(12-17-5-2-8-23-17)18(22)14-6-7-16(20)10-14;/h1,3-4,9,14,16-17H,2,5-8,10-12,20H2;1H. The SMILES string of the molecule is Cl.NC1CCC(C(=O)N(Cc2cccc(F)c2)CC2CCCO2)C1. The van der Waals surface area contributed by atoms with Crippen molar-refractivity contribution in [2.45, 2.75) is 50.8 Å². The van der Waals surface area contributed by atoms with Crippen LogP contribution in [-0.4, -0.2) is 36.1 Å². The fraction of sp³-hybridized carbons (Fsp3) is 0.611. The third kappa shape index (κ3) is 4.91. The van der Waals surface area contributed by atoms with E-state index in [0.717, 1.165) is 44.3 Å². The van der Waals surface area contributed by atoms with Crippen LogP contribution in [0.1, 0.15) is 37.7 Å². The predicted octanol–water partition coefficient (Wildman–Crippen LogP) is 2.88. The third-order valence-corrected chi connectivity index (χ3v) is 4.84. The summed E-state index contributed by atoms with van der Waals surface area (Å²) in [6.45, 7) is 1.78. The van der Waals surface area contributed by atoms with E-state index >= 15 is 0 Å². The number of nitrogens with two attached hydrogens (primary N) is 1. The average molecular weight is 357 g/mol. The molecular weight excluding hydrogens is 331 g/mol. The van der Waals surface area contributed by atoms with E-state index in [1.54, 1.807) is 6.07 Å². The van der Waals surface area contributed by atoms with Gasteiger partial charge in [0.1, 0.15) is 5.82 Å². The quantitative estimate of drug-likeness (QED) is 0.882. The minimum atomic E-state index is -0.269. The molecule has 134 valence electrons. The summed E-state index contributed by atoms with van der Waals surface area (Å²) in [6.07, 6.45) is 4.64. The minimum Gasteiger partial charge on any atom is -0.376 e. The molecule has 1 aliphatic carbocycles. The summed E-state index contributed by atoms with van der Waals surface area (Å²) < 4.78 is 19.1. The Morgan fingerprint density at radius 3 is 2.79 bits per heavy atom. The molecule has 0 spiro atoms. The molecule has 6 heteroatoms. The van der Waals surface area contributed by atoms with Crippen molar-refractivity contribution in [3.05, 3.63) is 35.6 Å². The first-order chi connectivity index (χ1) is 11.1. The Labute approximate surface area is 148 Å². The van der Waals surface area contributed by atoms with Gasteiger partial charge in [0.15, 0.2) is 0 Å². The Bertz CT molecular complexity index is 552. The van der Waals surface area contributed by atoms with Gasteiger partial charge in [0.05, 0.1) is 6.10 Å². The maximum atomic E-state index is 13.4. The smallest absolute Gasteiger partial charge is 0.226 e. The summed E-state index contributed by atoms with van der Waals surface area (Å²) in [7, 11) is 0. The second-order valence-electron chi connectivity index (χ2n) is 6.75. The number of carbonyl (C=O) groups excluding carboxylic acids is 1. The molecule has 2 N–H and O–H groups in total. The zero-order valence-electron chi connectivity index (χ0n) is 13.8. The summed E-state index contributed by atoms with van der Waals surface area (Å²) in [5.74, 6) is -0.132. The van der Waals surface area contributed by atoms with Gasteiger partial charge in [-0.25, -0.2) is 4.39 Å². The molecule has 2 fully saturated rings. The van der Waals surface area contributed by atoms with E-state index in [0.29, 0.717) is 13.1 Å². The first-order valence-electron chi connectivity index (χ1n) is 8.52.